The van der Waals surface area contributed by atoms with Gasteiger partial charge >= 0.3 is 12.1 Å². The Balaban J connectivity index is 1.29. The Kier molecular flexibility index (Phi) is 10.7. The molecular formula is C34H36F3N3O3S2. The molecule has 0 unspecified atom stereocenters. The fraction of sp³-hybridized carbons (Fsp3) is 0.353. The largest absolute Gasteiger partial charge is 0.482 e. The Hall–Kier alpha value is -3.54. The number of benzene rings is 3. The van der Waals surface area contributed by atoms with Gasteiger partial charge in [0.15, 0.2) is 6.61 Å². The lowest BCUT2D eigenvalue weighted by Gasteiger charge is -2.36. The van der Waals surface area contributed by atoms with Gasteiger partial charge in [-0.2, -0.15) is 13.2 Å². The van der Waals surface area contributed by atoms with Crippen molar-refractivity contribution in [1.82, 2.24) is 9.88 Å². The van der Waals surface area contributed by atoms with Gasteiger partial charge in [-0.3, -0.25) is 4.90 Å². The maximum Gasteiger partial charge on any atom is 0.416 e. The van der Waals surface area contributed by atoms with E-state index in [0.29, 0.717) is 35.2 Å². The van der Waals surface area contributed by atoms with E-state index in [-0.39, 0.29) is 6.61 Å². The van der Waals surface area contributed by atoms with Crippen LogP contribution in [0.25, 0.3) is 10.6 Å². The second kappa shape index (κ2) is 14.7. The van der Waals surface area contributed by atoms with Gasteiger partial charge in [-0.25, -0.2) is 9.78 Å². The zero-order valence-electron chi connectivity index (χ0n) is 25.5. The summed E-state index contributed by atoms with van der Waals surface area (Å²) in [6.45, 7) is 10.2. The van der Waals surface area contributed by atoms with Gasteiger partial charge in [0, 0.05) is 59.5 Å². The number of anilines is 1. The van der Waals surface area contributed by atoms with E-state index < -0.39 is 17.7 Å². The number of carbonyl (C=O) groups excluding carboxylic acids is 1. The van der Waals surface area contributed by atoms with Crippen LogP contribution in [0.3, 0.4) is 0 Å². The third kappa shape index (κ3) is 8.80. The van der Waals surface area contributed by atoms with E-state index in [2.05, 4.69) is 41.0 Å². The summed E-state index contributed by atoms with van der Waals surface area (Å²) in [4.78, 5) is 23.6. The van der Waals surface area contributed by atoms with Crippen LogP contribution >= 0.6 is 23.1 Å². The van der Waals surface area contributed by atoms with Crippen LogP contribution < -0.4 is 9.64 Å². The van der Waals surface area contributed by atoms with Crippen molar-refractivity contribution in [3.05, 3.63) is 94.0 Å². The molecule has 238 valence electrons. The summed E-state index contributed by atoms with van der Waals surface area (Å²) >= 11 is 3.20. The summed E-state index contributed by atoms with van der Waals surface area (Å²) in [6, 6.07) is 19.7. The summed E-state index contributed by atoms with van der Waals surface area (Å²) in [5.41, 5.74) is 4.33. The van der Waals surface area contributed by atoms with Crippen molar-refractivity contribution < 1.29 is 27.4 Å². The number of esters is 1. The summed E-state index contributed by atoms with van der Waals surface area (Å²) in [6.07, 6.45) is -4.38. The Labute approximate surface area is 270 Å². The molecular weight excluding hydrogens is 620 g/mol. The molecule has 1 aliphatic heterocycles. The van der Waals surface area contributed by atoms with Crippen LogP contribution in [0.4, 0.5) is 18.9 Å². The number of ether oxygens (including phenoxy) is 2. The lowest BCUT2D eigenvalue weighted by atomic mass is 10.1. The topological polar surface area (TPSA) is 54.9 Å². The molecule has 3 aromatic carbocycles. The molecule has 11 heteroatoms. The van der Waals surface area contributed by atoms with Gasteiger partial charge in [0.05, 0.1) is 17.9 Å². The highest BCUT2D eigenvalue weighted by molar-refractivity contribution is 7.98. The van der Waals surface area contributed by atoms with Crippen LogP contribution in [0.15, 0.2) is 71.6 Å². The number of rotatable bonds is 11. The molecule has 0 saturated carbocycles. The number of halogens is 3. The van der Waals surface area contributed by atoms with E-state index >= 15 is 0 Å². The summed E-state index contributed by atoms with van der Waals surface area (Å²) in [5, 5.41) is 0.714. The molecule has 6 nitrogen and oxygen atoms in total. The number of piperazine rings is 1. The molecule has 2 heterocycles. The first-order chi connectivity index (χ1) is 21.6. The zero-order chi connectivity index (χ0) is 32.0. The molecule has 0 N–H and O–H groups in total. The van der Waals surface area contributed by atoms with Gasteiger partial charge in [-0.1, -0.05) is 29.8 Å². The molecule has 45 heavy (non-hydrogen) atoms. The first kappa shape index (κ1) is 32.8. The summed E-state index contributed by atoms with van der Waals surface area (Å²) in [5.74, 6) is 0.883. The number of hydrogen-bond acceptors (Lipinski definition) is 8. The average Bonchev–Trinajstić information content (AvgIpc) is 3.42. The predicted octanol–water partition coefficient (Wildman–Crippen LogP) is 8.00. The third-order valence-corrected chi connectivity index (χ3v) is 9.90. The maximum absolute atomic E-state index is 13.2. The smallest absolute Gasteiger partial charge is 0.416 e. The van der Waals surface area contributed by atoms with Crippen LogP contribution in [-0.2, 0) is 28.0 Å². The number of aryl methyl sites for hydroxylation is 2. The van der Waals surface area contributed by atoms with Gasteiger partial charge in [0.1, 0.15) is 10.8 Å². The van der Waals surface area contributed by atoms with E-state index in [4.69, 9.17) is 14.5 Å². The Morgan fingerprint density at radius 2 is 1.69 bits per heavy atom. The number of thioether (sulfide) groups is 1. The first-order valence-electron chi connectivity index (χ1n) is 14.8. The van der Waals surface area contributed by atoms with Gasteiger partial charge in [0.2, 0.25) is 0 Å². The van der Waals surface area contributed by atoms with Crippen LogP contribution in [-0.4, -0.2) is 55.2 Å². The maximum atomic E-state index is 13.2. The highest BCUT2D eigenvalue weighted by Crippen LogP contribution is 2.36. The molecule has 0 amide bonds. The lowest BCUT2D eigenvalue weighted by Crippen LogP contribution is -2.46. The van der Waals surface area contributed by atoms with Crippen molar-refractivity contribution in [3.8, 4) is 16.3 Å². The second-order valence-electron chi connectivity index (χ2n) is 10.9. The van der Waals surface area contributed by atoms with Crippen LogP contribution in [0.1, 0.15) is 34.2 Å². The fourth-order valence-corrected chi connectivity index (χ4v) is 7.21. The first-order valence-corrected chi connectivity index (χ1v) is 16.6. The molecule has 0 bridgehead atoms. The number of nitrogens with zero attached hydrogens (tertiary/aromatic N) is 3. The molecule has 0 atom stereocenters. The van der Waals surface area contributed by atoms with E-state index in [1.165, 1.54) is 34.7 Å². The Bertz CT molecular complexity index is 1580. The van der Waals surface area contributed by atoms with E-state index in [1.54, 1.807) is 18.7 Å². The lowest BCUT2D eigenvalue weighted by molar-refractivity contribution is -0.145. The van der Waals surface area contributed by atoms with Crippen molar-refractivity contribution in [2.24, 2.45) is 0 Å². The summed E-state index contributed by atoms with van der Waals surface area (Å²) < 4.78 is 50.1. The monoisotopic (exact) mass is 655 g/mol. The molecule has 4 aromatic rings. The van der Waals surface area contributed by atoms with Crippen LogP contribution in [0.2, 0.25) is 0 Å². The quantitative estimate of drug-likeness (QED) is 0.120. The summed E-state index contributed by atoms with van der Waals surface area (Å²) in [7, 11) is 0. The van der Waals surface area contributed by atoms with E-state index in [9.17, 15) is 18.0 Å². The highest BCUT2D eigenvalue weighted by Gasteiger charge is 2.30. The van der Waals surface area contributed by atoms with Crippen molar-refractivity contribution in [3.63, 3.8) is 0 Å². The van der Waals surface area contributed by atoms with Crippen molar-refractivity contribution in [1.29, 1.82) is 0 Å². The molecule has 0 spiro atoms. The minimum absolute atomic E-state index is 0.141. The molecule has 5 rings (SSSR count). The Morgan fingerprint density at radius 1 is 0.978 bits per heavy atom. The molecule has 1 aliphatic rings. The van der Waals surface area contributed by atoms with Gasteiger partial charge in [-0.15, -0.1) is 23.1 Å². The minimum Gasteiger partial charge on any atom is -0.482 e. The average molecular weight is 656 g/mol. The van der Waals surface area contributed by atoms with Gasteiger partial charge in [-0.05, 0) is 68.8 Å². The van der Waals surface area contributed by atoms with Crippen molar-refractivity contribution in [2.45, 2.75) is 44.1 Å². The molecule has 0 aliphatic carbocycles. The standard InChI is InChI=1S/C34H36F3N3O3S2/c1-4-42-32(41)21-43-30-14-13-28(19-24(30)3)44-22-31-29(38-33(45-31)25-7-9-26(10-8-25)34(35,36)37)20-39-15-17-40(18-16-39)27-11-5-23(2)6-12-27/h5-14,19H,4,15-18,20-22H2,1-3H3. The normalized spacial score (nSPS) is 14.0. The molecule has 1 fully saturated rings. The van der Waals surface area contributed by atoms with Crippen LogP contribution in [0, 0.1) is 13.8 Å². The van der Waals surface area contributed by atoms with Crippen molar-refractivity contribution in [2.75, 3.05) is 44.3 Å². The van der Waals surface area contributed by atoms with E-state index in [0.717, 1.165) is 59.3 Å². The van der Waals surface area contributed by atoms with Crippen LogP contribution in [0.5, 0.6) is 5.75 Å². The fourth-order valence-electron chi connectivity index (χ4n) is 5.04. The molecule has 0 radical (unpaired) electrons. The third-order valence-electron chi connectivity index (χ3n) is 7.55. The SMILES string of the molecule is CCOC(=O)COc1ccc(SCc2sc(-c3ccc(C(F)(F)F)cc3)nc2CN2CCN(c3ccc(C)cc3)CC2)cc1C. The minimum atomic E-state index is -4.38. The number of alkyl halides is 3. The van der Waals surface area contributed by atoms with Crippen molar-refractivity contribution >= 4 is 34.8 Å². The second-order valence-corrected chi connectivity index (χ2v) is 13.0. The Morgan fingerprint density at radius 3 is 2.33 bits per heavy atom. The highest BCUT2D eigenvalue weighted by atomic mass is 32.2. The van der Waals surface area contributed by atoms with E-state index in [1.807, 2.05) is 25.1 Å². The number of carbonyl (C=O) groups is 1. The zero-order valence-corrected chi connectivity index (χ0v) is 27.2. The van der Waals surface area contributed by atoms with Gasteiger partial charge in [0.25, 0.3) is 0 Å². The number of thiazole rings is 1. The predicted molar refractivity (Wildman–Crippen MR) is 174 cm³/mol. The number of hydrogen-bond donors (Lipinski definition) is 0. The van der Waals surface area contributed by atoms with Gasteiger partial charge < -0.3 is 14.4 Å². The number of aromatic nitrogens is 1. The molecule has 1 saturated heterocycles. The molecule has 1 aromatic heterocycles.